The van der Waals surface area contributed by atoms with Gasteiger partial charge in [0.25, 0.3) is 0 Å². The van der Waals surface area contributed by atoms with Crippen molar-refractivity contribution in [2.45, 2.75) is 19.9 Å². The molecule has 1 heterocycles. The molecule has 1 aliphatic heterocycles. The third kappa shape index (κ3) is 5.23. The Morgan fingerprint density at radius 1 is 1.18 bits per heavy atom. The number of fused-ring (bicyclic) bond motifs is 1. The van der Waals surface area contributed by atoms with Gasteiger partial charge in [-0.2, -0.15) is 0 Å². The van der Waals surface area contributed by atoms with Crippen LogP contribution in [0.25, 0.3) is 0 Å². The van der Waals surface area contributed by atoms with E-state index in [2.05, 4.69) is 5.32 Å². The van der Waals surface area contributed by atoms with E-state index in [1.807, 2.05) is 43.3 Å². The van der Waals surface area contributed by atoms with Gasteiger partial charge in [0, 0.05) is 20.1 Å². The smallest absolute Gasteiger partial charge is 0.317 e. The second kappa shape index (κ2) is 9.55. The van der Waals surface area contributed by atoms with Gasteiger partial charge in [-0.1, -0.05) is 23.7 Å². The van der Waals surface area contributed by atoms with Gasteiger partial charge >= 0.3 is 6.03 Å². The third-order valence-corrected chi connectivity index (χ3v) is 4.63. The summed E-state index contributed by atoms with van der Waals surface area (Å²) in [6, 6.07) is 11.4. The van der Waals surface area contributed by atoms with Crippen LogP contribution < -0.4 is 19.5 Å². The maximum absolute atomic E-state index is 12.3. The summed E-state index contributed by atoms with van der Waals surface area (Å²) in [5.41, 5.74) is 2.03. The molecule has 2 aromatic carbocycles. The number of nitrogens with one attached hydrogen (secondary N) is 1. The van der Waals surface area contributed by atoms with Crippen LogP contribution in [0.1, 0.15) is 18.1 Å². The van der Waals surface area contributed by atoms with Crippen LogP contribution in [0.3, 0.4) is 0 Å². The molecule has 2 amide bonds. The number of benzene rings is 2. The molecule has 0 spiro atoms. The Morgan fingerprint density at radius 3 is 2.68 bits per heavy atom. The number of carbonyl (C=O) groups excluding carboxylic acids is 1. The monoisotopic (exact) mass is 404 g/mol. The molecule has 28 heavy (non-hydrogen) atoms. The minimum Gasteiger partial charge on any atom is -0.494 e. The van der Waals surface area contributed by atoms with Crippen molar-refractivity contribution in [3.8, 4) is 17.2 Å². The van der Waals surface area contributed by atoms with E-state index in [1.54, 1.807) is 11.9 Å². The highest BCUT2D eigenvalue weighted by Gasteiger charge is 2.17. The zero-order valence-corrected chi connectivity index (χ0v) is 16.9. The SMILES string of the molecule is CCOc1ccc(CN(C)C(=O)NCCc2cc(Cl)c3c(c2)OCCO3)cc1. The van der Waals surface area contributed by atoms with E-state index < -0.39 is 0 Å². The molecule has 6 nitrogen and oxygen atoms in total. The van der Waals surface area contributed by atoms with Crippen LogP contribution in [0.15, 0.2) is 36.4 Å². The quantitative estimate of drug-likeness (QED) is 0.760. The molecule has 0 saturated heterocycles. The summed E-state index contributed by atoms with van der Waals surface area (Å²) in [5, 5.41) is 3.46. The van der Waals surface area contributed by atoms with Gasteiger partial charge in [0.1, 0.15) is 19.0 Å². The van der Waals surface area contributed by atoms with E-state index in [0.717, 1.165) is 16.9 Å². The summed E-state index contributed by atoms with van der Waals surface area (Å²) < 4.78 is 16.5. The average Bonchev–Trinajstić information content (AvgIpc) is 2.69. The predicted octanol–water partition coefficient (Wildman–Crippen LogP) is 3.89. The number of rotatable bonds is 7. The van der Waals surface area contributed by atoms with Crippen molar-refractivity contribution >= 4 is 17.6 Å². The molecule has 1 N–H and O–H groups in total. The van der Waals surface area contributed by atoms with Crippen LogP contribution in [-0.2, 0) is 13.0 Å². The predicted molar refractivity (Wildman–Crippen MR) is 109 cm³/mol. The van der Waals surface area contributed by atoms with E-state index in [0.29, 0.717) is 55.9 Å². The van der Waals surface area contributed by atoms with E-state index in [9.17, 15) is 4.79 Å². The number of urea groups is 1. The molecule has 0 fully saturated rings. The van der Waals surface area contributed by atoms with Crippen molar-refractivity contribution in [1.82, 2.24) is 10.2 Å². The Labute approximate surface area is 170 Å². The van der Waals surface area contributed by atoms with Gasteiger partial charge in [-0.25, -0.2) is 4.79 Å². The van der Waals surface area contributed by atoms with E-state index >= 15 is 0 Å². The third-order valence-electron chi connectivity index (χ3n) is 4.35. The minimum atomic E-state index is -0.127. The van der Waals surface area contributed by atoms with Crippen LogP contribution in [0.2, 0.25) is 5.02 Å². The van der Waals surface area contributed by atoms with Crippen molar-refractivity contribution in [3.63, 3.8) is 0 Å². The molecule has 0 saturated carbocycles. The summed E-state index contributed by atoms with van der Waals surface area (Å²) in [4.78, 5) is 14.0. The lowest BCUT2D eigenvalue weighted by atomic mass is 10.1. The van der Waals surface area contributed by atoms with Crippen molar-refractivity contribution in [2.24, 2.45) is 0 Å². The molecule has 0 aliphatic carbocycles. The molecule has 0 atom stereocenters. The zero-order valence-electron chi connectivity index (χ0n) is 16.2. The molecule has 150 valence electrons. The highest BCUT2D eigenvalue weighted by molar-refractivity contribution is 6.32. The van der Waals surface area contributed by atoms with Gasteiger partial charge in [0.05, 0.1) is 11.6 Å². The molecule has 3 rings (SSSR count). The van der Waals surface area contributed by atoms with Gasteiger partial charge < -0.3 is 24.4 Å². The molecular weight excluding hydrogens is 380 g/mol. The number of ether oxygens (including phenoxy) is 3. The molecule has 0 radical (unpaired) electrons. The number of carbonyl (C=O) groups is 1. The maximum Gasteiger partial charge on any atom is 0.317 e. The van der Waals surface area contributed by atoms with Gasteiger partial charge in [-0.05, 0) is 48.7 Å². The first kappa shape index (κ1) is 20.1. The van der Waals surface area contributed by atoms with Crippen LogP contribution in [0.4, 0.5) is 4.79 Å². The lowest BCUT2D eigenvalue weighted by Gasteiger charge is -2.21. The Balaban J connectivity index is 1.48. The molecule has 1 aliphatic rings. The van der Waals surface area contributed by atoms with Crippen LogP contribution in [-0.4, -0.2) is 44.3 Å². The van der Waals surface area contributed by atoms with E-state index in [1.165, 1.54) is 0 Å². The Hall–Kier alpha value is -2.60. The fourth-order valence-electron chi connectivity index (χ4n) is 2.96. The van der Waals surface area contributed by atoms with Crippen molar-refractivity contribution in [1.29, 1.82) is 0 Å². The Kier molecular flexibility index (Phi) is 6.87. The lowest BCUT2D eigenvalue weighted by Crippen LogP contribution is -2.37. The van der Waals surface area contributed by atoms with Gasteiger partial charge in [-0.3, -0.25) is 0 Å². The minimum absolute atomic E-state index is 0.127. The lowest BCUT2D eigenvalue weighted by molar-refractivity contribution is 0.171. The Morgan fingerprint density at radius 2 is 1.93 bits per heavy atom. The number of nitrogens with zero attached hydrogens (tertiary/aromatic N) is 1. The number of halogens is 1. The summed E-state index contributed by atoms with van der Waals surface area (Å²) in [6.45, 7) is 4.63. The number of hydrogen-bond donors (Lipinski definition) is 1. The standard InChI is InChI=1S/C21H25ClN2O4/c1-3-26-17-6-4-15(5-7-17)14-24(2)21(25)23-9-8-16-12-18(22)20-19(13-16)27-10-11-28-20/h4-7,12-13H,3,8-11,14H2,1-2H3,(H,23,25). The second-order valence-corrected chi connectivity index (χ2v) is 6.92. The van der Waals surface area contributed by atoms with Gasteiger partial charge in [0.15, 0.2) is 11.5 Å². The molecule has 0 bridgehead atoms. The van der Waals surface area contributed by atoms with Crippen LogP contribution in [0, 0.1) is 0 Å². The number of hydrogen-bond acceptors (Lipinski definition) is 4. The largest absolute Gasteiger partial charge is 0.494 e. The summed E-state index contributed by atoms with van der Waals surface area (Å²) in [5.74, 6) is 2.08. The molecule has 2 aromatic rings. The van der Waals surface area contributed by atoms with E-state index in [-0.39, 0.29) is 6.03 Å². The normalized spacial score (nSPS) is 12.4. The first-order valence-electron chi connectivity index (χ1n) is 9.35. The zero-order chi connectivity index (χ0) is 19.9. The molecule has 7 heteroatoms. The second-order valence-electron chi connectivity index (χ2n) is 6.52. The first-order valence-corrected chi connectivity index (χ1v) is 9.73. The van der Waals surface area contributed by atoms with E-state index in [4.69, 9.17) is 25.8 Å². The highest BCUT2D eigenvalue weighted by atomic mass is 35.5. The summed E-state index contributed by atoms with van der Waals surface area (Å²) >= 11 is 6.25. The fraction of sp³-hybridized carbons (Fsp3) is 0.381. The summed E-state index contributed by atoms with van der Waals surface area (Å²) in [7, 11) is 1.77. The van der Waals surface area contributed by atoms with Crippen molar-refractivity contribution in [3.05, 3.63) is 52.5 Å². The molecular formula is C21H25ClN2O4. The van der Waals surface area contributed by atoms with Crippen molar-refractivity contribution < 1.29 is 19.0 Å². The average molecular weight is 405 g/mol. The number of amides is 2. The van der Waals surface area contributed by atoms with Gasteiger partial charge in [0.2, 0.25) is 0 Å². The highest BCUT2D eigenvalue weighted by Crippen LogP contribution is 2.38. The molecule has 0 unspecified atom stereocenters. The fourth-order valence-corrected chi connectivity index (χ4v) is 3.25. The summed E-state index contributed by atoms with van der Waals surface area (Å²) in [6.07, 6.45) is 0.652. The maximum atomic E-state index is 12.3. The topological polar surface area (TPSA) is 60.0 Å². The van der Waals surface area contributed by atoms with Crippen LogP contribution >= 0.6 is 11.6 Å². The molecule has 0 aromatic heterocycles. The van der Waals surface area contributed by atoms with Crippen LogP contribution in [0.5, 0.6) is 17.2 Å². The van der Waals surface area contributed by atoms with Gasteiger partial charge in [-0.15, -0.1) is 0 Å². The van der Waals surface area contributed by atoms with Crippen molar-refractivity contribution in [2.75, 3.05) is 33.4 Å². The first-order chi connectivity index (χ1) is 13.6. The Bertz CT molecular complexity index is 811.